The zero-order valence-electron chi connectivity index (χ0n) is 25.4. The first-order valence-electron chi connectivity index (χ1n) is 15.9. The smallest absolute Gasteiger partial charge is 0.0476 e. The summed E-state index contributed by atoms with van der Waals surface area (Å²) in [6.07, 6.45) is 0. The monoisotopic (exact) mass is 633 g/mol. The standard InChI is InChI=1S/C44H27NS2/c1-2-9-34-28(8-1)16-17-30-20-23-32(26-39(30)34)45(33-24-25-37-36-10-3-5-13-40(36)47-43(37)27-33)31-21-18-29(19-22-31)35-12-7-15-42-44(35)38-11-4-6-14-41(38)46-42/h1-27H. The Kier molecular flexibility index (Phi) is 5.98. The molecular formula is C44H27NS2. The maximum atomic E-state index is 2.41. The maximum absolute atomic E-state index is 2.41. The number of anilines is 3. The summed E-state index contributed by atoms with van der Waals surface area (Å²) in [6, 6.07) is 60.3. The molecule has 8 aromatic carbocycles. The molecule has 0 saturated carbocycles. The Labute approximate surface area is 280 Å². The van der Waals surface area contributed by atoms with Gasteiger partial charge in [0.25, 0.3) is 0 Å². The van der Waals surface area contributed by atoms with Crippen molar-refractivity contribution in [2.45, 2.75) is 0 Å². The Morgan fingerprint density at radius 3 is 1.77 bits per heavy atom. The number of hydrogen-bond acceptors (Lipinski definition) is 3. The van der Waals surface area contributed by atoms with Gasteiger partial charge in [-0.3, -0.25) is 0 Å². The average Bonchev–Trinajstić information content (AvgIpc) is 3.70. The van der Waals surface area contributed by atoms with E-state index in [0.29, 0.717) is 0 Å². The molecular weight excluding hydrogens is 607 g/mol. The van der Waals surface area contributed by atoms with Gasteiger partial charge in [-0.1, -0.05) is 109 Å². The fourth-order valence-electron chi connectivity index (χ4n) is 7.24. The first kappa shape index (κ1) is 26.7. The zero-order chi connectivity index (χ0) is 30.9. The first-order valence-corrected chi connectivity index (χ1v) is 17.6. The lowest BCUT2D eigenvalue weighted by Gasteiger charge is -2.26. The molecule has 0 bridgehead atoms. The number of hydrogen-bond donors (Lipinski definition) is 0. The van der Waals surface area contributed by atoms with Crippen LogP contribution in [0.4, 0.5) is 17.1 Å². The van der Waals surface area contributed by atoms with Gasteiger partial charge in [-0.05, 0) is 87.3 Å². The molecule has 10 rings (SSSR count). The van der Waals surface area contributed by atoms with Gasteiger partial charge in [-0.25, -0.2) is 0 Å². The topological polar surface area (TPSA) is 3.24 Å². The van der Waals surface area contributed by atoms with Crippen molar-refractivity contribution in [3.63, 3.8) is 0 Å². The molecule has 0 aliphatic heterocycles. The summed E-state index contributed by atoms with van der Waals surface area (Å²) in [5, 5.41) is 10.4. The van der Waals surface area contributed by atoms with Crippen molar-refractivity contribution in [1.29, 1.82) is 0 Å². The predicted molar refractivity (Wildman–Crippen MR) is 207 cm³/mol. The molecule has 0 atom stereocenters. The van der Waals surface area contributed by atoms with Crippen molar-refractivity contribution in [1.82, 2.24) is 0 Å². The highest BCUT2D eigenvalue weighted by molar-refractivity contribution is 7.26. The molecule has 0 spiro atoms. The average molecular weight is 634 g/mol. The quantitative estimate of drug-likeness (QED) is 0.174. The first-order chi connectivity index (χ1) is 23.3. The van der Waals surface area contributed by atoms with Gasteiger partial charge in [0, 0.05) is 57.4 Å². The van der Waals surface area contributed by atoms with E-state index in [2.05, 4.69) is 169 Å². The third kappa shape index (κ3) is 4.28. The molecule has 0 aliphatic rings. The molecule has 0 amide bonds. The second kappa shape index (κ2) is 10.5. The van der Waals surface area contributed by atoms with Gasteiger partial charge in [0.2, 0.25) is 0 Å². The third-order valence-electron chi connectivity index (χ3n) is 9.45. The van der Waals surface area contributed by atoms with Crippen LogP contribution in [0.2, 0.25) is 0 Å². The van der Waals surface area contributed by atoms with Gasteiger partial charge in [0.05, 0.1) is 0 Å². The fourth-order valence-corrected chi connectivity index (χ4v) is 9.51. The Bertz CT molecular complexity index is 2800. The van der Waals surface area contributed by atoms with Crippen molar-refractivity contribution in [2.24, 2.45) is 0 Å². The minimum atomic E-state index is 1.14. The normalized spacial score (nSPS) is 11.8. The predicted octanol–water partition coefficient (Wildman–Crippen LogP) is 13.9. The molecule has 2 heterocycles. The summed E-state index contributed by atoms with van der Waals surface area (Å²) < 4.78 is 5.28. The molecule has 0 radical (unpaired) electrons. The van der Waals surface area contributed by atoms with Crippen LogP contribution in [0.25, 0.3) is 73.0 Å². The Morgan fingerprint density at radius 1 is 0.340 bits per heavy atom. The van der Waals surface area contributed by atoms with E-state index in [1.807, 2.05) is 22.7 Å². The van der Waals surface area contributed by atoms with E-state index in [9.17, 15) is 0 Å². The highest BCUT2D eigenvalue weighted by atomic mass is 32.1. The molecule has 3 heteroatoms. The van der Waals surface area contributed by atoms with Crippen molar-refractivity contribution in [2.75, 3.05) is 4.90 Å². The van der Waals surface area contributed by atoms with Crippen LogP contribution >= 0.6 is 22.7 Å². The molecule has 47 heavy (non-hydrogen) atoms. The van der Waals surface area contributed by atoms with E-state index in [1.165, 1.54) is 73.0 Å². The van der Waals surface area contributed by atoms with Gasteiger partial charge in [-0.15, -0.1) is 22.7 Å². The minimum absolute atomic E-state index is 1.14. The lowest BCUT2D eigenvalue weighted by atomic mass is 9.98. The van der Waals surface area contributed by atoms with Crippen LogP contribution in [0.3, 0.4) is 0 Å². The van der Waals surface area contributed by atoms with E-state index in [1.54, 1.807) is 0 Å². The van der Waals surface area contributed by atoms with Gasteiger partial charge >= 0.3 is 0 Å². The highest BCUT2D eigenvalue weighted by Crippen LogP contribution is 2.44. The largest absolute Gasteiger partial charge is 0.310 e. The molecule has 1 nitrogen and oxygen atoms in total. The summed E-state index contributed by atoms with van der Waals surface area (Å²) in [5.41, 5.74) is 5.95. The van der Waals surface area contributed by atoms with Crippen molar-refractivity contribution >= 4 is 102 Å². The van der Waals surface area contributed by atoms with Gasteiger partial charge in [-0.2, -0.15) is 0 Å². The van der Waals surface area contributed by atoms with Crippen LogP contribution in [-0.2, 0) is 0 Å². The number of fused-ring (bicyclic) bond motifs is 9. The molecule has 0 unspecified atom stereocenters. The lowest BCUT2D eigenvalue weighted by Crippen LogP contribution is -2.09. The second-order valence-corrected chi connectivity index (χ2v) is 14.3. The van der Waals surface area contributed by atoms with Crippen LogP contribution in [0.15, 0.2) is 164 Å². The molecule has 0 fully saturated rings. The van der Waals surface area contributed by atoms with Gasteiger partial charge in [0.1, 0.15) is 0 Å². The summed E-state index contributed by atoms with van der Waals surface area (Å²) in [5.74, 6) is 0. The summed E-state index contributed by atoms with van der Waals surface area (Å²) >= 11 is 3.73. The maximum Gasteiger partial charge on any atom is 0.0476 e. The van der Waals surface area contributed by atoms with Crippen molar-refractivity contribution in [3.8, 4) is 11.1 Å². The Hall–Kier alpha value is -5.48. The van der Waals surface area contributed by atoms with E-state index in [0.717, 1.165) is 17.1 Å². The highest BCUT2D eigenvalue weighted by Gasteiger charge is 2.17. The summed E-state index contributed by atoms with van der Waals surface area (Å²) in [6.45, 7) is 0. The number of rotatable bonds is 4. The second-order valence-electron chi connectivity index (χ2n) is 12.1. The molecule has 0 N–H and O–H groups in total. The fraction of sp³-hybridized carbons (Fsp3) is 0. The van der Waals surface area contributed by atoms with Gasteiger partial charge in [0.15, 0.2) is 0 Å². The lowest BCUT2D eigenvalue weighted by molar-refractivity contribution is 1.30. The summed E-state index contributed by atoms with van der Waals surface area (Å²) in [4.78, 5) is 2.41. The third-order valence-corrected chi connectivity index (χ3v) is 11.7. The Balaban J connectivity index is 1.16. The molecule has 220 valence electrons. The molecule has 2 aromatic heterocycles. The molecule has 0 saturated heterocycles. The van der Waals surface area contributed by atoms with Crippen LogP contribution in [0, 0.1) is 0 Å². The van der Waals surface area contributed by atoms with Gasteiger partial charge < -0.3 is 4.90 Å². The number of nitrogens with zero attached hydrogens (tertiary/aromatic N) is 1. The molecule has 10 aromatic rings. The number of benzene rings is 8. The number of thiophene rings is 2. The van der Waals surface area contributed by atoms with E-state index in [-0.39, 0.29) is 0 Å². The SMILES string of the molecule is c1ccc2c(c1)ccc1ccc(N(c3ccc(-c4cccc5sc6ccccc6c45)cc3)c3ccc4c(c3)sc3ccccc34)cc12. The van der Waals surface area contributed by atoms with E-state index < -0.39 is 0 Å². The van der Waals surface area contributed by atoms with Crippen LogP contribution in [-0.4, -0.2) is 0 Å². The zero-order valence-corrected chi connectivity index (χ0v) is 27.0. The van der Waals surface area contributed by atoms with Crippen molar-refractivity contribution < 1.29 is 0 Å². The van der Waals surface area contributed by atoms with Crippen LogP contribution < -0.4 is 4.90 Å². The van der Waals surface area contributed by atoms with Crippen LogP contribution in [0.5, 0.6) is 0 Å². The summed E-state index contributed by atoms with van der Waals surface area (Å²) in [7, 11) is 0. The van der Waals surface area contributed by atoms with Crippen molar-refractivity contribution in [3.05, 3.63) is 164 Å². The minimum Gasteiger partial charge on any atom is -0.310 e. The van der Waals surface area contributed by atoms with E-state index in [4.69, 9.17) is 0 Å². The van der Waals surface area contributed by atoms with Crippen LogP contribution in [0.1, 0.15) is 0 Å². The molecule has 0 aliphatic carbocycles. The Morgan fingerprint density at radius 2 is 0.915 bits per heavy atom. The van der Waals surface area contributed by atoms with E-state index >= 15 is 0 Å².